The largest absolute Gasteiger partial charge is 0.508 e. The molecule has 1 saturated carbocycles. The highest BCUT2D eigenvalue weighted by atomic mass is 16.5. The fraction of sp³-hybridized carbons (Fsp3) is 0.438. The average molecular weight is 763 g/mol. The van der Waals surface area contributed by atoms with Gasteiger partial charge in [-0.25, -0.2) is 0 Å². The quantitative estimate of drug-likeness (QED) is 0.215. The summed E-state index contributed by atoms with van der Waals surface area (Å²) in [5, 5.41) is 12.6. The number of ether oxygens (including phenoxy) is 1. The van der Waals surface area contributed by atoms with Gasteiger partial charge in [0.2, 0.25) is 11.8 Å². The van der Waals surface area contributed by atoms with E-state index in [1.807, 2.05) is 24.3 Å². The number of fused-ring (bicyclic) bond motifs is 3. The number of benzene rings is 4. The lowest BCUT2D eigenvalue weighted by atomic mass is 9.66. The monoisotopic (exact) mass is 762 g/mol. The first-order valence-corrected chi connectivity index (χ1v) is 21.2. The Morgan fingerprint density at radius 2 is 1.51 bits per heavy atom. The van der Waals surface area contributed by atoms with Crippen LogP contribution in [0.5, 0.6) is 11.5 Å². The van der Waals surface area contributed by atoms with Gasteiger partial charge in [0.15, 0.2) is 0 Å². The van der Waals surface area contributed by atoms with Gasteiger partial charge < -0.3 is 19.6 Å². The number of carbonyl (C=O) groups excluding carboxylic acids is 3. The number of aryl methyl sites for hydroxylation is 2. The lowest BCUT2D eigenvalue weighted by Crippen LogP contribution is -2.69. The van der Waals surface area contributed by atoms with Crippen molar-refractivity contribution in [2.45, 2.75) is 100 Å². The molecule has 4 aromatic carbocycles. The van der Waals surface area contributed by atoms with E-state index in [4.69, 9.17) is 4.74 Å². The van der Waals surface area contributed by atoms with Gasteiger partial charge in [0.1, 0.15) is 23.1 Å². The molecule has 1 unspecified atom stereocenters. The van der Waals surface area contributed by atoms with Crippen LogP contribution < -0.4 is 15.0 Å². The van der Waals surface area contributed by atoms with Crippen molar-refractivity contribution in [2.75, 3.05) is 31.1 Å². The molecule has 2 spiro atoms. The highest BCUT2D eigenvalue weighted by molar-refractivity contribution is 6.05. The maximum atomic E-state index is 13.3. The molecule has 4 aromatic rings. The summed E-state index contributed by atoms with van der Waals surface area (Å²) in [4.78, 5) is 44.4. The maximum Gasteiger partial charge on any atom is 0.255 e. The second-order valence-corrected chi connectivity index (χ2v) is 18.3. The molecule has 7 aliphatic rings. The fourth-order valence-electron chi connectivity index (χ4n) is 11.8. The minimum Gasteiger partial charge on any atom is -0.508 e. The number of imide groups is 1. The number of nitrogens with one attached hydrogen (secondary N) is 1. The van der Waals surface area contributed by atoms with Crippen LogP contribution in [0.3, 0.4) is 0 Å². The van der Waals surface area contributed by atoms with Gasteiger partial charge in [-0.1, -0.05) is 48.5 Å². The summed E-state index contributed by atoms with van der Waals surface area (Å²) in [7, 11) is 0. The van der Waals surface area contributed by atoms with Gasteiger partial charge in [-0.2, -0.15) is 0 Å². The molecule has 2 aliphatic carbocycles. The minimum absolute atomic E-state index is 0.124. The molecule has 5 aliphatic heterocycles. The Hall–Kier alpha value is -5.15. The van der Waals surface area contributed by atoms with Gasteiger partial charge in [0, 0.05) is 67.8 Å². The topological polar surface area (TPSA) is 102 Å². The van der Waals surface area contributed by atoms with Crippen molar-refractivity contribution in [1.29, 1.82) is 0 Å². The number of carbonyl (C=O) groups is 3. The van der Waals surface area contributed by atoms with Crippen molar-refractivity contribution in [3.63, 3.8) is 0 Å². The summed E-state index contributed by atoms with van der Waals surface area (Å²) < 4.78 is 6.77. The Morgan fingerprint density at radius 1 is 0.719 bits per heavy atom. The van der Waals surface area contributed by atoms with E-state index in [1.54, 1.807) is 4.90 Å². The lowest BCUT2D eigenvalue weighted by molar-refractivity contribution is -0.136. The number of amides is 3. The van der Waals surface area contributed by atoms with Gasteiger partial charge in [-0.15, -0.1) is 0 Å². The zero-order valence-corrected chi connectivity index (χ0v) is 32.4. The second kappa shape index (κ2) is 13.2. The Balaban J connectivity index is 0.697. The van der Waals surface area contributed by atoms with E-state index >= 15 is 0 Å². The third kappa shape index (κ3) is 5.95. The molecule has 0 bridgehead atoms. The predicted octanol–water partition coefficient (Wildman–Crippen LogP) is 6.84. The van der Waals surface area contributed by atoms with E-state index in [0.29, 0.717) is 41.7 Å². The molecule has 9 nitrogen and oxygen atoms in total. The summed E-state index contributed by atoms with van der Waals surface area (Å²) in [6.45, 7) is 4.56. The van der Waals surface area contributed by atoms with Crippen LogP contribution in [-0.2, 0) is 29.0 Å². The zero-order valence-electron chi connectivity index (χ0n) is 32.4. The molecule has 9 heteroatoms. The SMILES string of the molecule is O=C1CCC(N2Cc3cc4c(cc3C2=O)CCC2(CN(C3CCC5(CC3)CN(c3ccc([C@@H]6c7ccc(O)cc7CC[C@@H]6c6ccccc6)cc3)C5)C2)O4)C(=O)N1. The first-order valence-electron chi connectivity index (χ1n) is 21.2. The van der Waals surface area contributed by atoms with Crippen LogP contribution in [-0.4, -0.2) is 76.5 Å². The van der Waals surface area contributed by atoms with Crippen LogP contribution in [0.4, 0.5) is 5.69 Å². The Morgan fingerprint density at radius 3 is 2.28 bits per heavy atom. The lowest BCUT2D eigenvalue weighted by Gasteiger charge is -2.59. The van der Waals surface area contributed by atoms with Crippen LogP contribution in [0.2, 0.25) is 0 Å². The molecule has 3 atom stereocenters. The molecule has 3 saturated heterocycles. The number of nitrogens with zero attached hydrogens (tertiary/aromatic N) is 3. The fourth-order valence-corrected chi connectivity index (χ4v) is 11.8. The number of hydrogen-bond acceptors (Lipinski definition) is 7. The molecule has 4 fully saturated rings. The number of piperidine rings is 1. The Kier molecular flexibility index (Phi) is 8.11. The number of phenolic OH excluding ortho intramolecular Hbond substituents is 1. The Labute approximate surface area is 334 Å². The van der Waals surface area contributed by atoms with Gasteiger partial charge in [0.25, 0.3) is 5.91 Å². The van der Waals surface area contributed by atoms with Crippen LogP contribution in [0.25, 0.3) is 0 Å². The molecule has 57 heavy (non-hydrogen) atoms. The number of rotatable bonds is 5. The van der Waals surface area contributed by atoms with E-state index in [-0.39, 0.29) is 35.7 Å². The molecule has 292 valence electrons. The normalized spacial score (nSPS) is 26.2. The van der Waals surface area contributed by atoms with Crippen molar-refractivity contribution >= 4 is 23.4 Å². The Bertz CT molecular complexity index is 2270. The number of likely N-dealkylation sites (tertiary alicyclic amines) is 1. The predicted molar refractivity (Wildman–Crippen MR) is 217 cm³/mol. The number of aromatic hydroxyl groups is 1. The van der Waals surface area contributed by atoms with Crippen molar-refractivity contribution in [3.05, 3.63) is 124 Å². The highest BCUT2D eigenvalue weighted by Gasteiger charge is 2.53. The standard InChI is InChI=1S/C48H50N4O5/c53-37-11-13-39-32(22-37)8-12-38(30-4-2-1-3-5-30)44(39)31-6-9-35(10-7-31)50-26-47(27-50)19-17-36(18-20-47)51-28-48(29-51)21-16-33-23-40-34(24-42(33)57-48)25-52(46(40)56)41-14-15-43(54)49-45(41)55/h1-7,9-11,13,22-24,36,38,41,44,53H,8,12,14-21,25-29H2,(H,49,54,55)/t38-,41?,44+/m1/s1. The average Bonchev–Trinajstić information content (AvgIpc) is 3.52. The summed E-state index contributed by atoms with van der Waals surface area (Å²) in [6, 6.07) is 30.3. The van der Waals surface area contributed by atoms with E-state index in [2.05, 4.69) is 75.8 Å². The molecule has 5 heterocycles. The number of phenols is 1. The van der Waals surface area contributed by atoms with Crippen LogP contribution in [0.1, 0.15) is 107 Å². The van der Waals surface area contributed by atoms with Gasteiger partial charge >= 0.3 is 0 Å². The smallest absolute Gasteiger partial charge is 0.255 e. The van der Waals surface area contributed by atoms with Crippen LogP contribution in [0.15, 0.2) is 84.9 Å². The summed E-state index contributed by atoms with van der Waals surface area (Å²) >= 11 is 0. The number of anilines is 1. The van der Waals surface area contributed by atoms with Crippen molar-refractivity contribution in [2.24, 2.45) is 5.41 Å². The first kappa shape index (κ1) is 35.0. The summed E-state index contributed by atoms with van der Waals surface area (Å²) in [5.41, 5.74) is 9.58. The molecule has 11 rings (SSSR count). The van der Waals surface area contributed by atoms with Crippen molar-refractivity contribution in [1.82, 2.24) is 15.1 Å². The molecular weight excluding hydrogens is 713 g/mol. The van der Waals surface area contributed by atoms with Crippen molar-refractivity contribution < 1.29 is 24.2 Å². The van der Waals surface area contributed by atoms with Gasteiger partial charge in [0.05, 0.1) is 0 Å². The summed E-state index contributed by atoms with van der Waals surface area (Å²) in [6.07, 6.45) is 9.54. The molecule has 3 amide bonds. The zero-order chi connectivity index (χ0) is 38.5. The summed E-state index contributed by atoms with van der Waals surface area (Å²) in [5.74, 6) is 1.15. The van der Waals surface area contributed by atoms with Gasteiger partial charge in [-0.05, 0) is 133 Å². The molecular formula is C48H50N4O5. The molecule has 0 aromatic heterocycles. The van der Waals surface area contributed by atoms with E-state index in [1.165, 1.54) is 53.6 Å². The highest BCUT2D eigenvalue weighted by Crippen LogP contribution is 2.51. The van der Waals surface area contributed by atoms with Gasteiger partial charge in [-0.3, -0.25) is 24.6 Å². The van der Waals surface area contributed by atoms with E-state index < -0.39 is 6.04 Å². The third-order valence-corrected chi connectivity index (χ3v) is 14.9. The third-order valence-electron chi connectivity index (χ3n) is 14.9. The van der Waals surface area contributed by atoms with Crippen molar-refractivity contribution in [3.8, 4) is 11.5 Å². The maximum absolute atomic E-state index is 13.3. The molecule has 2 N–H and O–H groups in total. The first-order chi connectivity index (χ1) is 27.7. The molecule has 0 radical (unpaired) electrons. The van der Waals surface area contributed by atoms with E-state index in [0.717, 1.165) is 68.7 Å². The second-order valence-electron chi connectivity index (χ2n) is 18.3. The van der Waals surface area contributed by atoms with E-state index in [9.17, 15) is 19.5 Å². The minimum atomic E-state index is -0.603. The van der Waals surface area contributed by atoms with Crippen LogP contribution >= 0.6 is 0 Å². The number of hydrogen-bond donors (Lipinski definition) is 2. The van der Waals surface area contributed by atoms with Crippen LogP contribution in [0, 0.1) is 5.41 Å².